The molecule has 0 aliphatic rings. The van der Waals surface area contributed by atoms with Crippen LogP contribution in [0.15, 0.2) is 22.7 Å². The summed E-state index contributed by atoms with van der Waals surface area (Å²) in [5.41, 5.74) is 0.996. The van der Waals surface area contributed by atoms with E-state index in [-0.39, 0.29) is 18.9 Å². The SMILES string of the molecule is Cc1cc(OCC(=O)[O-])ccc1Br.[Li+]. The van der Waals surface area contributed by atoms with Crippen molar-refractivity contribution in [1.29, 1.82) is 0 Å². The molecule has 0 aromatic heterocycles. The minimum absolute atomic E-state index is 0. The number of aliphatic carboxylic acids is 1. The van der Waals surface area contributed by atoms with E-state index >= 15 is 0 Å². The van der Waals surface area contributed by atoms with E-state index in [1.807, 2.05) is 6.92 Å². The van der Waals surface area contributed by atoms with Gasteiger partial charge in [0.1, 0.15) is 12.4 Å². The fraction of sp³-hybridized carbons (Fsp3) is 0.222. The van der Waals surface area contributed by atoms with E-state index in [1.54, 1.807) is 18.2 Å². The smallest absolute Gasteiger partial charge is 0.546 e. The van der Waals surface area contributed by atoms with E-state index < -0.39 is 12.6 Å². The zero-order valence-corrected chi connectivity index (χ0v) is 9.63. The molecule has 0 unspecified atom stereocenters. The Kier molecular flexibility index (Phi) is 5.94. The molecule has 0 heterocycles. The van der Waals surface area contributed by atoms with Crippen LogP contribution >= 0.6 is 15.9 Å². The molecule has 0 aliphatic carbocycles. The van der Waals surface area contributed by atoms with Crippen molar-refractivity contribution in [2.45, 2.75) is 6.92 Å². The van der Waals surface area contributed by atoms with Gasteiger partial charge < -0.3 is 14.6 Å². The Morgan fingerprint density at radius 1 is 1.57 bits per heavy atom. The zero-order chi connectivity index (χ0) is 9.84. The van der Waals surface area contributed by atoms with Gasteiger partial charge in [-0.1, -0.05) is 15.9 Å². The van der Waals surface area contributed by atoms with Gasteiger partial charge in [-0.25, -0.2) is 0 Å². The summed E-state index contributed by atoms with van der Waals surface area (Å²) in [5.74, 6) is -0.689. The van der Waals surface area contributed by atoms with Crippen LogP contribution < -0.4 is 28.7 Å². The molecule has 1 aromatic carbocycles. The van der Waals surface area contributed by atoms with Crippen LogP contribution in [-0.4, -0.2) is 12.6 Å². The molecule has 0 spiro atoms. The van der Waals surface area contributed by atoms with Gasteiger partial charge in [-0.15, -0.1) is 0 Å². The number of carbonyl (C=O) groups is 1. The fourth-order valence-electron chi connectivity index (χ4n) is 0.849. The van der Waals surface area contributed by atoms with Crippen LogP contribution in [0.4, 0.5) is 0 Å². The van der Waals surface area contributed by atoms with Crippen molar-refractivity contribution in [2.75, 3.05) is 6.61 Å². The van der Waals surface area contributed by atoms with Gasteiger partial charge in [0.2, 0.25) is 0 Å². The van der Waals surface area contributed by atoms with Gasteiger partial charge in [0.25, 0.3) is 0 Å². The Balaban J connectivity index is 0.00000169. The average Bonchev–Trinajstić information content (AvgIpc) is 2.07. The second-order valence-corrected chi connectivity index (χ2v) is 3.43. The molecule has 0 fully saturated rings. The standard InChI is InChI=1S/C9H9BrO3.Li/c1-6-4-7(2-3-8(6)10)13-5-9(11)12;/h2-4H,5H2,1H3,(H,11,12);/q;+1/p-1. The predicted octanol–water partition coefficient (Wildman–Crippen LogP) is -2.11. The summed E-state index contributed by atoms with van der Waals surface area (Å²) < 4.78 is 5.89. The maximum atomic E-state index is 10.1. The summed E-state index contributed by atoms with van der Waals surface area (Å²) in [6.07, 6.45) is 0. The Labute approximate surface area is 103 Å². The molecule has 0 aliphatic heterocycles. The van der Waals surface area contributed by atoms with E-state index in [1.165, 1.54) is 0 Å². The van der Waals surface area contributed by atoms with Crippen molar-refractivity contribution in [3.05, 3.63) is 28.2 Å². The van der Waals surface area contributed by atoms with Crippen molar-refractivity contribution in [3.63, 3.8) is 0 Å². The molecule has 3 nitrogen and oxygen atoms in total. The van der Waals surface area contributed by atoms with Gasteiger partial charge in [-0.05, 0) is 30.7 Å². The zero-order valence-electron chi connectivity index (χ0n) is 8.04. The van der Waals surface area contributed by atoms with E-state index in [9.17, 15) is 9.90 Å². The van der Waals surface area contributed by atoms with Crippen molar-refractivity contribution in [3.8, 4) is 5.75 Å². The first-order valence-electron chi connectivity index (χ1n) is 3.68. The van der Waals surface area contributed by atoms with E-state index in [0.29, 0.717) is 5.75 Å². The van der Waals surface area contributed by atoms with Crippen LogP contribution in [0.5, 0.6) is 5.75 Å². The van der Waals surface area contributed by atoms with Gasteiger partial charge in [0.15, 0.2) is 0 Å². The normalized spacial score (nSPS) is 9.00. The molecule has 0 N–H and O–H groups in total. The Bertz CT molecular complexity index is 328. The molecule has 14 heavy (non-hydrogen) atoms. The number of carboxylic acids is 1. The predicted molar refractivity (Wildman–Crippen MR) is 49.4 cm³/mol. The molecular formula is C9H8BrLiO3. The third-order valence-corrected chi connectivity index (χ3v) is 2.38. The van der Waals surface area contributed by atoms with Crippen molar-refractivity contribution in [1.82, 2.24) is 0 Å². The number of benzene rings is 1. The fourth-order valence-corrected chi connectivity index (χ4v) is 1.10. The number of rotatable bonds is 3. The number of carbonyl (C=O) groups excluding carboxylic acids is 1. The minimum Gasteiger partial charge on any atom is -0.546 e. The maximum Gasteiger partial charge on any atom is 1.00 e. The quantitative estimate of drug-likeness (QED) is 0.578. The second-order valence-electron chi connectivity index (χ2n) is 2.57. The summed E-state index contributed by atoms with van der Waals surface area (Å²) in [5, 5.41) is 10.1. The minimum atomic E-state index is -1.22. The van der Waals surface area contributed by atoms with Gasteiger partial charge in [-0.3, -0.25) is 0 Å². The number of ether oxygens (including phenoxy) is 1. The average molecular weight is 251 g/mol. The summed E-state index contributed by atoms with van der Waals surface area (Å²) in [4.78, 5) is 10.1. The van der Waals surface area contributed by atoms with Crippen LogP contribution in [0.25, 0.3) is 0 Å². The second kappa shape index (κ2) is 6.13. The van der Waals surface area contributed by atoms with E-state index in [4.69, 9.17) is 4.74 Å². The molecule has 70 valence electrons. The molecule has 0 atom stereocenters. The molecule has 0 radical (unpaired) electrons. The molecule has 0 saturated carbocycles. The van der Waals surface area contributed by atoms with Crippen LogP contribution in [0.2, 0.25) is 0 Å². The van der Waals surface area contributed by atoms with Crippen LogP contribution in [0, 0.1) is 6.92 Å². The van der Waals surface area contributed by atoms with Gasteiger partial charge >= 0.3 is 18.9 Å². The third kappa shape index (κ3) is 4.19. The maximum absolute atomic E-state index is 10.1. The monoisotopic (exact) mass is 250 g/mol. The van der Waals surface area contributed by atoms with Crippen LogP contribution in [0.1, 0.15) is 5.56 Å². The molecule has 0 bridgehead atoms. The van der Waals surface area contributed by atoms with Crippen molar-refractivity contribution < 1.29 is 33.5 Å². The van der Waals surface area contributed by atoms with E-state index in [2.05, 4.69) is 15.9 Å². The number of aryl methyl sites for hydroxylation is 1. The first kappa shape index (κ1) is 13.6. The first-order valence-corrected chi connectivity index (χ1v) is 4.47. The molecule has 1 rings (SSSR count). The number of carboxylic acid groups (broad SMARTS) is 1. The molecule has 5 heteroatoms. The first-order chi connectivity index (χ1) is 6.09. The summed E-state index contributed by atoms with van der Waals surface area (Å²) in [6, 6.07) is 5.26. The third-order valence-electron chi connectivity index (χ3n) is 1.49. The van der Waals surface area contributed by atoms with Gasteiger partial charge in [0.05, 0.1) is 5.97 Å². The molecule has 0 saturated heterocycles. The van der Waals surface area contributed by atoms with Gasteiger partial charge in [0, 0.05) is 4.47 Å². The Morgan fingerprint density at radius 3 is 2.71 bits per heavy atom. The number of halogens is 1. The number of hydrogen-bond donors (Lipinski definition) is 0. The number of hydrogen-bond acceptors (Lipinski definition) is 3. The molecule has 0 amide bonds. The van der Waals surface area contributed by atoms with Crippen LogP contribution in [0.3, 0.4) is 0 Å². The summed E-state index contributed by atoms with van der Waals surface area (Å²) in [7, 11) is 0. The largest absolute Gasteiger partial charge is 1.00 e. The van der Waals surface area contributed by atoms with Crippen LogP contribution in [-0.2, 0) is 4.79 Å². The Hall–Kier alpha value is -0.433. The van der Waals surface area contributed by atoms with E-state index in [0.717, 1.165) is 10.0 Å². The van der Waals surface area contributed by atoms with Crippen molar-refractivity contribution in [2.24, 2.45) is 0 Å². The van der Waals surface area contributed by atoms with Gasteiger partial charge in [-0.2, -0.15) is 0 Å². The summed E-state index contributed by atoms with van der Waals surface area (Å²) >= 11 is 3.33. The summed E-state index contributed by atoms with van der Waals surface area (Å²) in [6.45, 7) is 1.48. The molecular weight excluding hydrogens is 243 g/mol. The topological polar surface area (TPSA) is 49.4 Å². The van der Waals surface area contributed by atoms with Crippen molar-refractivity contribution >= 4 is 21.9 Å². The Morgan fingerprint density at radius 2 is 2.21 bits per heavy atom. The molecule has 1 aromatic rings.